The van der Waals surface area contributed by atoms with Crippen molar-refractivity contribution < 1.29 is 4.74 Å². The lowest BCUT2D eigenvalue weighted by Gasteiger charge is -2.24. The molecule has 0 aromatic rings. The van der Waals surface area contributed by atoms with Gasteiger partial charge in [0.2, 0.25) is 0 Å². The molecule has 0 bridgehead atoms. The van der Waals surface area contributed by atoms with Crippen molar-refractivity contribution in [1.82, 2.24) is 10.2 Å². The lowest BCUT2D eigenvalue weighted by molar-refractivity contribution is 0.106. The van der Waals surface area contributed by atoms with Gasteiger partial charge in [0.25, 0.3) is 0 Å². The second-order valence-corrected chi connectivity index (χ2v) is 5.68. The van der Waals surface area contributed by atoms with E-state index in [9.17, 15) is 0 Å². The standard InChI is InChI=1S/C13H24N2O/c1-16-11-5-4-10(9-11)14-12-6-8-15-7-2-3-13(12)15/h10-14H,2-9H2,1H3. The number of fused-ring (bicyclic) bond motifs is 1. The molecule has 3 nitrogen and oxygen atoms in total. The maximum absolute atomic E-state index is 5.44. The Labute approximate surface area is 98.5 Å². The van der Waals surface area contributed by atoms with Crippen molar-refractivity contribution in [2.45, 2.75) is 62.8 Å². The van der Waals surface area contributed by atoms with Gasteiger partial charge >= 0.3 is 0 Å². The molecule has 0 spiro atoms. The van der Waals surface area contributed by atoms with E-state index < -0.39 is 0 Å². The zero-order chi connectivity index (χ0) is 11.0. The second-order valence-electron chi connectivity index (χ2n) is 5.68. The Kier molecular flexibility index (Phi) is 3.18. The summed E-state index contributed by atoms with van der Waals surface area (Å²) in [4.78, 5) is 2.68. The predicted octanol–water partition coefficient (Wildman–Crippen LogP) is 1.38. The predicted molar refractivity (Wildman–Crippen MR) is 64.6 cm³/mol. The lowest BCUT2D eigenvalue weighted by atomic mass is 10.1. The molecule has 1 N–H and O–H groups in total. The van der Waals surface area contributed by atoms with Crippen molar-refractivity contribution in [3.05, 3.63) is 0 Å². The normalized spacial score (nSPS) is 44.1. The highest BCUT2D eigenvalue weighted by atomic mass is 16.5. The van der Waals surface area contributed by atoms with Gasteiger partial charge in [-0.15, -0.1) is 0 Å². The molecule has 2 heterocycles. The Bertz CT molecular complexity index is 246. The largest absolute Gasteiger partial charge is 0.381 e. The van der Waals surface area contributed by atoms with E-state index in [0.29, 0.717) is 6.10 Å². The van der Waals surface area contributed by atoms with E-state index in [1.54, 1.807) is 0 Å². The summed E-state index contributed by atoms with van der Waals surface area (Å²) < 4.78 is 5.44. The molecule has 3 fully saturated rings. The van der Waals surface area contributed by atoms with Gasteiger partial charge < -0.3 is 10.1 Å². The molecule has 3 heteroatoms. The van der Waals surface area contributed by atoms with Gasteiger partial charge in [-0.1, -0.05) is 0 Å². The SMILES string of the molecule is COC1CCC(NC2CCN3CCCC23)C1. The van der Waals surface area contributed by atoms with Crippen LogP contribution in [0.15, 0.2) is 0 Å². The van der Waals surface area contributed by atoms with Crippen molar-refractivity contribution in [1.29, 1.82) is 0 Å². The highest BCUT2D eigenvalue weighted by Gasteiger charge is 2.38. The molecule has 2 aliphatic heterocycles. The van der Waals surface area contributed by atoms with Crippen LogP contribution in [0.5, 0.6) is 0 Å². The minimum absolute atomic E-state index is 0.513. The van der Waals surface area contributed by atoms with E-state index in [0.717, 1.165) is 18.1 Å². The number of rotatable bonds is 3. The zero-order valence-electron chi connectivity index (χ0n) is 10.3. The number of ether oxygens (including phenoxy) is 1. The monoisotopic (exact) mass is 224 g/mol. The molecule has 1 saturated carbocycles. The molecule has 1 aliphatic carbocycles. The van der Waals surface area contributed by atoms with Crippen LogP contribution < -0.4 is 5.32 Å². The summed E-state index contributed by atoms with van der Waals surface area (Å²) in [6.45, 7) is 2.66. The first-order valence-electron chi connectivity index (χ1n) is 6.89. The van der Waals surface area contributed by atoms with Gasteiger partial charge in [-0.05, 0) is 45.1 Å². The molecule has 0 amide bonds. The van der Waals surface area contributed by atoms with Crippen LogP contribution in [0.1, 0.15) is 38.5 Å². The minimum Gasteiger partial charge on any atom is -0.381 e. The first-order chi connectivity index (χ1) is 7.86. The molecule has 0 aromatic heterocycles. The molecular weight excluding hydrogens is 200 g/mol. The van der Waals surface area contributed by atoms with E-state index in [1.165, 1.54) is 51.6 Å². The maximum atomic E-state index is 5.44. The Morgan fingerprint density at radius 1 is 1.12 bits per heavy atom. The summed E-state index contributed by atoms with van der Waals surface area (Å²) in [5.41, 5.74) is 0. The van der Waals surface area contributed by atoms with Gasteiger partial charge in [-0.25, -0.2) is 0 Å². The van der Waals surface area contributed by atoms with Crippen LogP contribution in [0, 0.1) is 0 Å². The van der Waals surface area contributed by atoms with Gasteiger partial charge in [0, 0.05) is 31.8 Å². The molecular formula is C13H24N2O. The Morgan fingerprint density at radius 2 is 2.06 bits per heavy atom. The Hall–Kier alpha value is -0.120. The number of hydrogen-bond acceptors (Lipinski definition) is 3. The van der Waals surface area contributed by atoms with Crippen molar-refractivity contribution >= 4 is 0 Å². The van der Waals surface area contributed by atoms with Crippen molar-refractivity contribution in [3.8, 4) is 0 Å². The summed E-state index contributed by atoms with van der Waals surface area (Å²) in [5, 5.41) is 3.89. The summed E-state index contributed by atoms with van der Waals surface area (Å²) in [7, 11) is 1.85. The smallest absolute Gasteiger partial charge is 0.0586 e. The number of methoxy groups -OCH3 is 1. The van der Waals surface area contributed by atoms with Crippen molar-refractivity contribution in [3.63, 3.8) is 0 Å². The molecule has 4 atom stereocenters. The highest BCUT2D eigenvalue weighted by molar-refractivity contribution is 4.97. The third-order valence-corrected chi connectivity index (χ3v) is 4.77. The van der Waals surface area contributed by atoms with Gasteiger partial charge in [0.1, 0.15) is 0 Å². The zero-order valence-corrected chi connectivity index (χ0v) is 10.3. The van der Waals surface area contributed by atoms with E-state index in [2.05, 4.69) is 10.2 Å². The maximum Gasteiger partial charge on any atom is 0.0586 e. The van der Waals surface area contributed by atoms with Crippen LogP contribution in [-0.2, 0) is 4.74 Å². The topological polar surface area (TPSA) is 24.5 Å². The fraction of sp³-hybridized carbons (Fsp3) is 1.00. The molecule has 16 heavy (non-hydrogen) atoms. The highest BCUT2D eigenvalue weighted by Crippen LogP contribution is 2.30. The lowest BCUT2D eigenvalue weighted by Crippen LogP contribution is -2.43. The molecule has 92 valence electrons. The number of nitrogens with one attached hydrogen (secondary N) is 1. The van der Waals surface area contributed by atoms with E-state index in [-0.39, 0.29) is 0 Å². The molecule has 0 radical (unpaired) electrons. The van der Waals surface area contributed by atoms with Gasteiger partial charge in [0.05, 0.1) is 6.10 Å². The Morgan fingerprint density at radius 3 is 2.88 bits per heavy atom. The summed E-state index contributed by atoms with van der Waals surface area (Å²) in [6.07, 6.45) is 8.47. The van der Waals surface area contributed by atoms with Gasteiger partial charge in [-0.2, -0.15) is 0 Å². The van der Waals surface area contributed by atoms with Crippen LogP contribution in [0.3, 0.4) is 0 Å². The van der Waals surface area contributed by atoms with Crippen LogP contribution >= 0.6 is 0 Å². The van der Waals surface area contributed by atoms with E-state index in [4.69, 9.17) is 4.74 Å². The van der Waals surface area contributed by atoms with Crippen LogP contribution in [0.2, 0.25) is 0 Å². The summed E-state index contributed by atoms with van der Waals surface area (Å²) in [6, 6.07) is 2.33. The van der Waals surface area contributed by atoms with Crippen LogP contribution in [-0.4, -0.2) is 49.3 Å². The fourth-order valence-corrected chi connectivity index (χ4v) is 3.89. The average Bonchev–Trinajstić information content (AvgIpc) is 2.97. The van der Waals surface area contributed by atoms with Crippen LogP contribution in [0.4, 0.5) is 0 Å². The van der Waals surface area contributed by atoms with Crippen LogP contribution in [0.25, 0.3) is 0 Å². The molecule has 2 saturated heterocycles. The van der Waals surface area contributed by atoms with Gasteiger partial charge in [0.15, 0.2) is 0 Å². The van der Waals surface area contributed by atoms with Crippen molar-refractivity contribution in [2.24, 2.45) is 0 Å². The number of hydrogen-bond donors (Lipinski definition) is 1. The molecule has 3 rings (SSSR count). The molecule has 4 unspecified atom stereocenters. The molecule has 0 aromatic carbocycles. The first kappa shape index (κ1) is 11.0. The first-order valence-corrected chi connectivity index (χ1v) is 6.89. The fourth-order valence-electron chi connectivity index (χ4n) is 3.89. The van der Waals surface area contributed by atoms with Crippen molar-refractivity contribution in [2.75, 3.05) is 20.2 Å². The third kappa shape index (κ3) is 2.01. The Balaban J connectivity index is 1.52. The van der Waals surface area contributed by atoms with E-state index >= 15 is 0 Å². The third-order valence-electron chi connectivity index (χ3n) is 4.77. The minimum atomic E-state index is 0.513. The summed E-state index contributed by atoms with van der Waals surface area (Å²) >= 11 is 0. The summed E-state index contributed by atoms with van der Waals surface area (Å²) in [5.74, 6) is 0. The second kappa shape index (κ2) is 4.63. The number of nitrogens with zero attached hydrogens (tertiary/aromatic N) is 1. The quantitative estimate of drug-likeness (QED) is 0.784. The average molecular weight is 224 g/mol. The molecule has 3 aliphatic rings. The van der Waals surface area contributed by atoms with E-state index in [1.807, 2.05) is 7.11 Å². The van der Waals surface area contributed by atoms with Gasteiger partial charge in [-0.3, -0.25) is 4.90 Å².